The lowest BCUT2D eigenvalue weighted by molar-refractivity contribution is -0.142. The zero-order chi connectivity index (χ0) is 16.0. The van der Waals surface area contributed by atoms with Gasteiger partial charge in [0.15, 0.2) is 0 Å². The lowest BCUT2D eigenvalue weighted by atomic mass is 10.0. The summed E-state index contributed by atoms with van der Waals surface area (Å²) in [6.07, 6.45) is 3.72. The maximum absolute atomic E-state index is 12.1. The summed E-state index contributed by atoms with van der Waals surface area (Å²) in [5.74, 6) is -1.44. The van der Waals surface area contributed by atoms with Crippen LogP contribution in [0.15, 0.2) is 11.8 Å². The van der Waals surface area contributed by atoms with Crippen LogP contribution < -0.4 is 5.32 Å². The zero-order valence-electron chi connectivity index (χ0n) is 12.8. The molecule has 2 N–H and O–H groups in total. The number of nitriles is 1. The summed E-state index contributed by atoms with van der Waals surface area (Å²) in [5, 5.41) is 20.6. The largest absolute Gasteiger partial charge is 0.480 e. The number of rotatable bonds is 5. The van der Waals surface area contributed by atoms with Crippen LogP contribution in [0.1, 0.15) is 33.6 Å². The highest BCUT2D eigenvalue weighted by Gasteiger charge is 2.25. The van der Waals surface area contributed by atoms with Crippen LogP contribution in [0.4, 0.5) is 0 Å². The van der Waals surface area contributed by atoms with Gasteiger partial charge in [-0.25, -0.2) is 4.79 Å². The van der Waals surface area contributed by atoms with E-state index in [2.05, 4.69) is 12.2 Å². The molecule has 1 aliphatic rings. The standard InChI is InChI=1S/C15H23N3O3/c1-10(2)13(15(20)21)17-14(19)12(7-16)9-18-6-4-5-11(3)8-18/h9-11,13H,4-6,8H2,1-3H3,(H,17,19)(H,20,21)/b12-9-. The maximum Gasteiger partial charge on any atom is 0.326 e. The number of carboxylic acids is 1. The van der Waals surface area contributed by atoms with E-state index in [9.17, 15) is 9.59 Å². The summed E-state index contributed by atoms with van der Waals surface area (Å²) in [4.78, 5) is 25.1. The Bertz CT molecular complexity index is 465. The molecule has 21 heavy (non-hydrogen) atoms. The molecule has 1 amide bonds. The molecule has 0 bridgehead atoms. The average Bonchev–Trinajstić information content (AvgIpc) is 2.41. The number of carbonyl (C=O) groups is 2. The van der Waals surface area contributed by atoms with Gasteiger partial charge in [0.25, 0.3) is 5.91 Å². The van der Waals surface area contributed by atoms with E-state index in [1.54, 1.807) is 20.0 Å². The summed E-state index contributed by atoms with van der Waals surface area (Å²) in [7, 11) is 0. The van der Waals surface area contributed by atoms with Crippen molar-refractivity contribution in [1.82, 2.24) is 10.2 Å². The first-order valence-electron chi connectivity index (χ1n) is 7.24. The molecule has 0 spiro atoms. The molecule has 116 valence electrons. The van der Waals surface area contributed by atoms with E-state index in [0.717, 1.165) is 25.9 Å². The molecule has 0 aliphatic carbocycles. The minimum Gasteiger partial charge on any atom is -0.480 e. The number of hydrogen-bond donors (Lipinski definition) is 2. The van der Waals surface area contributed by atoms with Crippen molar-refractivity contribution in [2.45, 2.75) is 39.7 Å². The molecule has 2 unspecified atom stereocenters. The van der Waals surface area contributed by atoms with Gasteiger partial charge in [0.05, 0.1) is 0 Å². The molecule has 0 aromatic carbocycles. The van der Waals surface area contributed by atoms with Crippen LogP contribution in [-0.2, 0) is 9.59 Å². The second-order valence-electron chi connectivity index (χ2n) is 5.93. The van der Waals surface area contributed by atoms with E-state index >= 15 is 0 Å². The van der Waals surface area contributed by atoms with E-state index < -0.39 is 17.9 Å². The lowest BCUT2D eigenvalue weighted by Gasteiger charge is -2.30. The fraction of sp³-hybridized carbons (Fsp3) is 0.667. The summed E-state index contributed by atoms with van der Waals surface area (Å²) >= 11 is 0. The Morgan fingerprint density at radius 1 is 1.48 bits per heavy atom. The zero-order valence-corrected chi connectivity index (χ0v) is 12.8. The number of nitrogens with zero attached hydrogens (tertiary/aromatic N) is 2. The van der Waals surface area contributed by atoms with Crippen LogP contribution in [0.3, 0.4) is 0 Å². The van der Waals surface area contributed by atoms with Crippen molar-refractivity contribution in [3.63, 3.8) is 0 Å². The van der Waals surface area contributed by atoms with Crippen LogP contribution in [-0.4, -0.2) is 41.0 Å². The molecule has 6 nitrogen and oxygen atoms in total. The van der Waals surface area contributed by atoms with Gasteiger partial charge in [0.1, 0.15) is 17.7 Å². The van der Waals surface area contributed by atoms with Crippen molar-refractivity contribution in [3.8, 4) is 6.07 Å². The maximum atomic E-state index is 12.1. The molecule has 0 radical (unpaired) electrons. The number of likely N-dealkylation sites (tertiary alicyclic amines) is 1. The number of hydrogen-bond acceptors (Lipinski definition) is 4. The average molecular weight is 293 g/mol. The van der Waals surface area contributed by atoms with Crippen molar-refractivity contribution >= 4 is 11.9 Å². The van der Waals surface area contributed by atoms with Crippen LogP contribution in [0, 0.1) is 23.2 Å². The minimum absolute atomic E-state index is 0.0454. The minimum atomic E-state index is -1.10. The van der Waals surface area contributed by atoms with Gasteiger partial charge in [-0.3, -0.25) is 4.79 Å². The van der Waals surface area contributed by atoms with E-state index in [4.69, 9.17) is 10.4 Å². The predicted molar refractivity (Wildman–Crippen MR) is 78.1 cm³/mol. The molecule has 1 rings (SSSR count). The van der Waals surface area contributed by atoms with Crippen molar-refractivity contribution in [3.05, 3.63) is 11.8 Å². The topological polar surface area (TPSA) is 93.4 Å². The Morgan fingerprint density at radius 3 is 2.62 bits per heavy atom. The summed E-state index contributed by atoms with van der Waals surface area (Å²) in [6, 6.07) is 0.870. The number of amides is 1. The fourth-order valence-corrected chi connectivity index (χ4v) is 2.40. The van der Waals surface area contributed by atoms with Crippen molar-refractivity contribution in [2.75, 3.05) is 13.1 Å². The van der Waals surface area contributed by atoms with Gasteiger partial charge < -0.3 is 15.3 Å². The Kier molecular flexibility index (Phi) is 6.22. The van der Waals surface area contributed by atoms with E-state index in [0.29, 0.717) is 5.92 Å². The predicted octanol–water partition coefficient (Wildman–Crippen LogP) is 1.35. The first-order chi connectivity index (χ1) is 9.85. The molecular weight excluding hydrogens is 270 g/mol. The highest BCUT2D eigenvalue weighted by molar-refractivity contribution is 5.99. The van der Waals surface area contributed by atoms with Crippen LogP contribution in [0.5, 0.6) is 0 Å². The first kappa shape index (κ1) is 17.0. The number of aliphatic carboxylic acids is 1. The second kappa shape index (κ2) is 7.67. The molecule has 1 aliphatic heterocycles. The highest BCUT2D eigenvalue weighted by atomic mass is 16.4. The third-order valence-corrected chi connectivity index (χ3v) is 3.58. The van der Waals surface area contributed by atoms with E-state index in [1.807, 2.05) is 11.0 Å². The first-order valence-corrected chi connectivity index (χ1v) is 7.24. The van der Waals surface area contributed by atoms with Gasteiger partial charge in [-0.15, -0.1) is 0 Å². The Balaban J connectivity index is 2.77. The molecule has 2 atom stereocenters. The van der Waals surface area contributed by atoms with Crippen molar-refractivity contribution < 1.29 is 14.7 Å². The van der Waals surface area contributed by atoms with Gasteiger partial charge in [0, 0.05) is 19.3 Å². The van der Waals surface area contributed by atoms with E-state index in [-0.39, 0.29) is 11.5 Å². The van der Waals surface area contributed by atoms with Crippen LogP contribution in [0.25, 0.3) is 0 Å². The quantitative estimate of drug-likeness (QED) is 0.589. The molecular formula is C15H23N3O3. The smallest absolute Gasteiger partial charge is 0.326 e. The normalized spacial score (nSPS) is 20.8. The van der Waals surface area contributed by atoms with Crippen LogP contribution in [0.2, 0.25) is 0 Å². The SMILES string of the molecule is CC1CCCN(/C=C(/C#N)C(=O)NC(C(=O)O)C(C)C)C1. The van der Waals surface area contributed by atoms with Gasteiger partial charge in [-0.1, -0.05) is 20.8 Å². The summed E-state index contributed by atoms with van der Waals surface area (Å²) in [6.45, 7) is 7.17. The lowest BCUT2D eigenvalue weighted by Crippen LogP contribution is -2.45. The summed E-state index contributed by atoms with van der Waals surface area (Å²) in [5.41, 5.74) is -0.0454. The Hall–Kier alpha value is -2.03. The number of nitrogens with one attached hydrogen (secondary N) is 1. The molecule has 6 heteroatoms. The third-order valence-electron chi connectivity index (χ3n) is 3.58. The van der Waals surface area contributed by atoms with Gasteiger partial charge in [-0.05, 0) is 24.7 Å². The number of carboxylic acid groups (broad SMARTS) is 1. The third kappa shape index (κ3) is 5.10. The second-order valence-corrected chi connectivity index (χ2v) is 5.93. The van der Waals surface area contributed by atoms with Gasteiger partial charge in [0.2, 0.25) is 0 Å². The number of piperidine rings is 1. The molecule has 0 aromatic heterocycles. The monoisotopic (exact) mass is 293 g/mol. The Morgan fingerprint density at radius 2 is 2.14 bits per heavy atom. The molecule has 1 saturated heterocycles. The van der Waals surface area contributed by atoms with Crippen molar-refractivity contribution in [1.29, 1.82) is 5.26 Å². The van der Waals surface area contributed by atoms with Crippen molar-refractivity contribution in [2.24, 2.45) is 11.8 Å². The van der Waals surface area contributed by atoms with Crippen LogP contribution >= 0.6 is 0 Å². The Labute approximate surface area is 125 Å². The molecule has 0 saturated carbocycles. The molecule has 1 fully saturated rings. The molecule has 1 heterocycles. The van der Waals surface area contributed by atoms with Gasteiger partial charge in [-0.2, -0.15) is 5.26 Å². The molecule has 0 aromatic rings. The van der Waals surface area contributed by atoms with E-state index in [1.165, 1.54) is 0 Å². The number of carbonyl (C=O) groups excluding carboxylic acids is 1. The van der Waals surface area contributed by atoms with Gasteiger partial charge >= 0.3 is 5.97 Å². The summed E-state index contributed by atoms with van der Waals surface area (Å²) < 4.78 is 0. The fourth-order valence-electron chi connectivity index (χ4n) is 2.40. The highest BCUT2D eigenvalue weighted by Crippen LogP contribution is 2.16.